The van der Waals surface area contributed by atoms with Crippen molar-refractivity contribution in [3.63, 3.8) is 0 Å². The van der Waals surface area contributed by atoms with E-state index in [-0.39, 0.29) is 6.04 Å². The molecule has 0 saturated heterocycles. The summed E-state index contributed by atoms with van der Waals surface area (Å²) in [5.41, 5.74) is 10.4. The lowest BCUT2D eigenvalue weighted by Gasteiger charge is -2.19. The minimum atomic E-state index is -0.288. The summed E-state index contributed by atoms with van der Waals surface area (Å²) in [6.07, 6.45) is 0. The first-order valence-corrected chi connectivity index (χ1v) is 7.05. The van der Waals surface area contributed by atoms with E-state index in [4.69, 9.17) is 33.7 Å². The van der Waals surface area contributed by atoms with Gasteiger partial charge in [-0.05, 0) is 54.3 Å². The molecule has 0 aliphatic heterocycles. The molecule has 0 aliphatic rings. The fraction of sp³-hybridized carbons (Fsp3) is 0.250. The summed E-state index contributed by atoms with van der Waals surface area (Å²) in [5, 5.41) is 1.19. The van der Waals surface area contributed by atoms with Crippen molar-refractivity contribution in [3.05, 3.63) is 62.6 Å². The van der Waals surface area contributed by atoms with Crippen molar-refractivity contribution in [1.29, 1.82) is 0 Å². The number of hydrogen-bond donors (Lipinski definition) is 1. The van der Waals surface area contributed by atoms with Crippen molar-refractivity contribution in [2.45, 2.75) is 19.9 Å². The maximum absolute atomic E-state index is 6.36. The Kier molecular flexibility index (Phi) is 4.59. The Morgan fingerprint density at radius 2 is 1.70 bits per heavy atom. The second-order valence-corrected chi connectivity index (χ2v) is 5.67. The number of methoxy groups -OCH3 is 1. The molecule has 2 nitrogen and oxygen atoms in total. The van der Waals surface area contributed by atoms with Crippen LogP contribution >= 0.6 is 23.2 Å². The van der Waals surface area contributed by atoms with Crippen LogP contribution in [0.15, 0.2) is 30.3 Å². The SMILES string of the molecule is COc1cc(C)c(C(N)c2ccc(Cl)cc2Cl)cc1C. The summed E-state index contributed by atoms with van der Waals surface area (Å²) in [6, 6.07) is 9.13. The molecule has 0 bridgehead atoms. The Bertz CT molecular complexity index is 641. The summed E-state index contributed by atoms with van der Waals surface area (Å²) in [6.45, 7) is 4.01. The summed E-state index contributed by atoms with van der Waals surface area (Å²) < 4.78 is 5.32. The van der Waals surface area contributed by atoms with Crippen molar-refractivity contribution in [1.82, 2.24) is 0 Å². The predicted molar refractivity (Wildman–Crippen MR) is 85.0 cm³/mol. The minimum Gasteiger partial charge on any atom is -0.496 e. The molecule has 0 fully saturated rings. The van der Waals surface area contributed by atoms with Gasteiger partial charge in [0.15, 0.2) is 0 Å². The van der Waals surface area contributed by atoms with E-state index in [1.165, 1.54) is 0 Å². The third-order valence-electron chi connectivity index (χ3n) is 3.42. The first kappa shape index (κ1) is 15.2. The fourth-order valence-corrected chi connectivity index (χ4v) is 2.81. The van der Waals surface area contributed by atoms with Crippen molar-refractivity contribution in [3.8, 4) is 5.75 Å². The lowest BCUT2D eigenvalue weighted by atomic mass is 9.94. The summed E-state index contributed by atoms with van der Waals surface area (Å²) in [7, 11) is 1.66. The monoisotopic (exact) mass is 309 g/mol. The van der Waals surface area contributed by atoms with Gasteiger partial charge < -0.3 is 10.5 Å². The van der Waals surface area contributed by atoms with Gasteiger partial charge in [-0.15, -0.1) is 0 Å². The second kappa shape index (κ2) is 6.04. The van der Waals surface area contributed by atoms with Gasteiger partial charge in [0.2, 0.25) is 0 Å². The average molecular weight is 310 g/mol. The van der Waals surface area contributed by atoms with Gasteiger partial charge in [0.25, 0.3) is 0 Å². The molecule has 0 aromatic heterocycles. The van der Waals surface area contributed by atoms with Crippen LogP contribution in [0.5, 0.6) is 5.75 Å². The smallest absolute Gasteiger partial charge is 0.122 e. The van der Waals surface area contributed by atoms with E-state index < -0.39 is 0 Å². The van der Waals surface area contributed by atoms with Crippen molar-refractivity contribution >= 4 is 23.2 Å². The molecule has 0 spiro atoms. The van der Waals surface area contributed by atoms with Crippen molar-refractivity contribution < 1.29 is 4.74 Å². The fourth-order valence-electron chi connectivity index (χ4n) is 2.29. The Morgan fingerprint density at radius 1 is 1.00 bits per heavy atom. The van der Waals surface area contributed by atoms with Gasteiger partial charge in [0.05, 0.1) is 13.2 Å². The van der Waals surface area contributed by atoms with Gasteiger partial charge >= 0.3 is 0 Å². The average Bonchev–Trinajstić information content (AvgIpc) is 2.40. The highest BCUT2D eigenvalue weighted by Gasteiger charge is 2.16. The van der Waals surface area contributed by atoms with Crippen LogP contribution in [0.1, 0.15) is 28.3 Å². The normalized spacial score (nSPS) is 12.3. The molecule has 2 aromatic carbocycles. The zero-order valence-corrected chi connectivity index (χ0v) is 13.2. The van der Waals surface area contributed by atoms with E-state index >= 15 is 0 Å². The number of rotatable bonds is 3. The lowest BCUT2D eigenvalue weighted by Crippen LogP contribution is -2.14. The predicted octanol–water partition coefficient (Wildman–Crippen LogP) is 4.67. The van der Waals surface area contributed by atoms with Crippen LogP contribution < -0.4 is 10.5 Å². The molecule has 0 radical (unpaired) electrons. The summed E-state index contributed by atoms with van der Waals surface area (Å²) in [5.74, 6) is 0.862. The van der Waals surface area contributed by atoms with E-state index in [1.54, 1.807) is 19.2 Å². The van der Waals surface area contributed by atoms with Gasteiger partial charge in [-0.25, -0.2) is 0 Å². The highest BCUT2D eigenvalue weighted by molar-refractivity contribution is 6.35. The van der Waals surface area contributed by atoms with Crippen LogP contribution in [0.25, 0.3) is 0 Å². The molecule has 2 rings (SSSR count). The Morgan fingerprint density at radius 3 is 2.30 bits per heavy atom. The largest absolute Gasteiger partial charge is 0.496 e. The zero-order chi connectivity index (χ0) is 14.9. The zero-order valence-electron chi connectivity index (χ0n) is 11.7. The number of ether oxygens (including phenoxy) is 1. The molecule has 0 saturated carbocycles. The highest BCUT2D eigenvalue weighted by Crippen LogP contribution is 2.32. The number of nitrogens with two attached hydrogens (primary N) is 1. The number of benzene rings is 2. The van der Waals surface area contributed by atoms with Crippen LogP contribution in [-0.2, 0) is 0 Å². The van der Waals surface area contributed by atoms with Gasteiger partial charge in [-0.3, -0.25) is 0 Å². The molecule has 20 heavy (non-hydrogen) atoms. The molecule has 1 atom stereocenters. The van der Waals surface area contributed by atoms with Gasteiger partial charge in [-0.2, -0.15) is 0 Å². The number of halogens is 2. The topological polar surface area (TPSA) is 35.2 Å². The minimum absolute atomic E-state index is 0.288. The van der Waals surface area contributed by atoms with Crippen LogP contribution in [0.3, 0.4) is 0 Å². The molecule has 0 heterocycles. The van der Waals surface area contributed by atoms with Crippen LogP contribution in [-0.4, -0.2) is 7.11 Å². The third kappa shape index (κ3) is 2.93. The molecule has 0 aliphatic carbocycles. The van der Waals surface area contributed by atoms with E-state index in [1.807, 2.05) is 32.0 Å². The van der Waals surface area contributed by atoms with Crippen molar-refractivity contribution in [2.24, 2.45) is 5.73 Å². The molecule has 2 N–H and O–H groups in total. The molecular formula is C16H17Cl2NO. The molecular weight excluding hydrogens is 293 g/mol. The molecule has 4 heteroatoms. The van der Waals surface area contributed by atoms with E-state index in [2.05, 4.69) is 0 Å². The maximum atomic E-state index is 6.36. The summed E-state index contributed by atoms with van der Waals surface area (Å²) >= 11 is 12.2. The quantitative estimate of drug-likeness (QED) is 0.894. The number of aryl methyl sites for hydroxylation is 2. The molecule has 0 amide bonds. The maximum Gasteiger partial charge on any atom is 0.122 e. The first-order valence-electron chi connectivity index (χ1n) is 6.29. The van der Waals surface area contributed by atoms with Crippen LogP contribution in [0.2, 0.25) is 10.0 Å². The first-order chi connectivity index (χ1) is 9.43. The van der Waals surface area contributed by atoms with Gasteiger partial charge in [0.1, 0.15) is 5.75 Å². The van der Waals surface area contributed by atoms with Crippen LogP contribution in [0, 0.1) is 13.8 Å². The molecule has 2 aromatic rings. The highest BCUT2D eigenvalue weighted by atomic mass is 35.5. The Hall–Kier alpha value is -1.22. The second-order valence-electron chi connectivity index (χ2n) is 4.82. The van der Waals surface area contributed by atoms with E-state index in [9.17, 15) is 0 Å². The number of hydrogen-bond acceptors (Lipinski definition) is 2. The lowest BCUT2D eigenvalue weighted by molar-refractivity contribution is 0.411. The third-order valence-corrected chi connectivity index (χ3v) is 3.98. The van der Waals surface area contributed by atoms with Crippen molar-refractivity contribution in [2.75, 3.05) is 7.11 Å². The Labute approximate surface area is 129 Å². The molecule has 1 unspecified atom stereocenters. The summed E-state index contributed by atoms with van der Waals surface area (Å²) in [4.78, 5) is 0. The Balaban J connectivity index is 2.48. The van der Waals surface area contributed by atoms with Gasteiger partial charge in [0, 0.05) is 10.0 Å². The van der Waals surface area contributed by atoms with Gasteiger partial charge in [-0.1, -0.05) is 35.3 Å². The van der Waals surface area contributed by atoms with Crippen LogP contribution in [0.4, 0.5) is 0 Å². The standard InChI is InChI=1S/C16H17Cl2NO/c1-9-7-15(20-3)10(2)6-13(9)16(19)12-5-4-11(17)8-14(12)18/h4-8,16H,19H2,1-3H3. The molecule has 106 valence electrons. The van der Waals surface area contributed by atoms with E-state index in [0.29, 0.717) is 10.0 Å². The van der Waals surface area contributed by atoms with E-state index in [0.717, 1.165) is 28.0 Å².